The third-order valence-electron chi connectivity index (χ3n) is 7.08. The van der Waals surface area contributed by atoms with Crippen molar-refractivity contribution in [1.82, 2.24) is 9.88 Å². The minimum atomic E-state index is 0.135. The van der Waals surface area contributed by atoms with E-state index < -0.39 is 0 Å². The summed E-state index contributed by atoms with van der Waals surface area (Å²) in [6, 6.07) is 16.4. The number of benzene rings is 2. The van der Waals surface area contributed by atoms with E-state index >= 15 is 0 Å². The highest BCUT2D eigenvalue weighted by molar-refractivity contribution is 6.04. The molecule has 1 amide bonds. The van der Waals surface area contributed by atoms with Gasteiger partial charge in [0.05, 0.1) is 11.8 Å². The molecule has 3 aromatic rings. The van der Waals surface area contributed by atoms with Crippen LogP contribution in [-0.4, -0.2) is 28.0 Å². The van der Waals surface area contributed by atoms with E-state index in [1.54, 1.807) is 12.5 Å². The molecule has 1 aliphatic heterocycles. The number of hydrogen-bond donors (Lipinski definition) is 1. The third-order valence-corrected chi connectivity index (χ3v) is 7.08. The van der Waals surface area contributed by atoms with E-state index in [-0.39, 0.29) is 5.91 Å². The van der Waals surface area contributed by atoms with Crippen molar-refractivity contribution in [2.75, 3.05) is 0 Å². The lowest BCUT2D eigenvalue weighted by Gasteiger charge is -2.30. The first-order valence-electron chi connectivity index (χ1n) is 12.5. The highest BCUT2D eigenvalue weighted by Gasteiger charge is 2.35. The van der Waals surface area contributed by atoms with Crippen LogP contribution in [0.5, 0.6) is 0 Å². The van der Waals surface area contributed by atoms with E-state index in [4.69, 9.17) is 10.1 Å². The molecular weight excluding hydrogens is 434 g/mol. The molecule has 0 saturated heterocycles. The van der Waals surface area contributed by atoms with E-state index in [9.17, 15) is 4.79 Å². The Hall–Kier alpha value is -3.73. The molecule has 0 bridgehead atoms. The van der Waals surface area contributed by atoms with Crippen LogP contribution in [0.2, 0.25) is 0 Å². The summed E-state index contributed by atoms with van der Waals surface area (Å²) in [7, 11) is 0. The van der Waals surface area contributed by atoms with Crippen LogP contribution in [0.4, 0.5) is 0 Å². The Kier molecular flexibility index (Phi) is 7.03. The molecule has 1 aliphatic carbocycles. The standard InChI is InChI=1S/C30H31N3O2/c31-19-23(11-8-16-35-21-22-9-3-1-4-10-22)17-24-18-27-28(29-26(24)14-7-15-32-29)20-33(30(27)34)25-12-5-2-6-13-25/h1,3-4,7-11,14-16,18-19,25,31H,2,5-6,12-13,17,20-21H2/b16-8+,23-11-,31-19?. The van der Waals surface area contributed by atoms with Gasteiger partial charge in [0.1, 0.15) is 6.61 Å². The molecular formula is C30H31N3O2. The zero-order valence-corrected chi connectivity index (χ0v) is 20.0. The maximum atomic E-state index is 13.4. The molecule has 178 valence electrons. The van der Waals surface area contributed by atoms with Gasteiger partial charge in [-0.1, -0.05) is 61.7 Å². The van der Waals surface area contributed by atoms with Gasteiger partial charge in [-0.3, -0.25) is 9.78 Å². The predicted octanol–water partition coefficient (Wildman–Crippen LogP) is 6.37. The second-order valence-electron chi connectivity index (χ2n) is 9.37. The Morgan fingerprint density at radius 2 is 1.94 bits per heavy atom. The van der Waals surface area contributed by atoms with Crippen molar-refractivity contribution in [2.45, 2.75) is 57.7 Å². The summed E-state index contributed by atoms with van der Waals surface area (Å²) in [5.74, 6) is 0.135. The zero-order chi connectivity index (χ0) is 24.0. The fraction of sp³-hybridized carbons (Fsp3) is 0.300. The number of aromatic nitrogens is 1. The van der Waals surface area contributed by atoms with Gasteiger partial charge in [-0.15, -0.1) is 0 Å². The first kappa shape index (κ1) is 23.0. The van der Waals surface area contributed by atoms with Gasteiger partial charge in [-0.05, 0) is 54.2 Å². The van der Waals surface area contributed by atoms with Crippen molar-refractivity contribution in [1.29, 1.82) is 5.41 Å². The lowest BCUT2D eigenvalue weighted by Crippen LogP contribution is -2.36. The van der Waals surface area contributed by atoms with Crippen molar-refractivity contribution in [3.05, 3.63) is 101 Å². The number of nitrogens with one attached hydrogen (secondary N) is 1. The van der Waals surface area contributed by atoms with Crippen LogP contribution >= 0.6 is 0 Å². The Labute approximate surface area is 206 Å². The Morgan fingerprint density at radius 1 is 1.11 bits per heavy atom. The summed E-state index contributed by atoms with van der Waals surface area (Å²) in [5, 5.41) is 8.99. The quantitative estimate of drug-likeness (QED) is 0.239. The number of nitrogens with zero attached hydrogens (tertiary/aromatic N) is 2. The normalized spacial score (nSPS) is 16.7. The van der Waals surface area contributed by atoms with E-state index in [2.05, 4.69) is 16.0 Å². The number of carbonyl (C=O) groups is 1. The van der Waals surface area contributed by atoms with Crippen molar-refractivity contribution in [2.24, 2.45) is 0 Å². The SMILES string of the molecule is N=C/C(=C\C=C\OCc1ccccc1)Cc1cc2c(c3ncccc13)CN(C1CCCCC1)C2=O. The van der Waals surface area contributed by atoms with Gasteiger partial charge in [-0.25, -0.2) is 0 Å². The summed E-state index contributed by atoms with van der Waals surface area (Å²) in [6.45, 7) is 1.16. The second kappa shape index (κ2) is 10.7. The van der Waals surface area contributed by atoms with Crippen LogP contribution < -0.4 is 0 Å². The first-order chi connectivity index (χ1) is 17.2. The van der Waals surface area contributed by atoms with Crippen LogP contribution in [0, 0.1) is 5.41 Å². The van der Waals surface area contributed by atoms with Gasteiger partial charge in [0.25, 0.3) is 5.91 Å². The number of allylic oxidation sites excluding steroid dienone is 3. The first-order valence-corrected chi connectivity index (χ1v) is 12.5. The summed E-state index contributed by atoms with van der Waals surface area (Å²) in [6.07, 6.45) is 15.0. The molecule has 1 N–H and O–H groups in total. The molecule has 0 spiro atoms. The van der Waals surface area contributed by atoms with E-state index in [1.165, 1.54) is 25.5 Å². The number of pyridine rings is 1. The topological polar surface area (TPSA) is 66.3 Å². The molecule has 5 rings (SSSR count). The van der Waals surface area contributed by atoms with Gasteiger partial charge in [0.15, 0.2) is 0 Å². The average molecular weight is 466 g/mol. The van der Waals surface area contributed by atoms with Gasteiger partial charge in [0, 0.05) is 41.5 Å². The predicted molar refractivity (Wildman–Crippen MR) is 139 cm³/mol. The summed E-state index contributed by atoms with van der Waals surface area (Å²) in [5.41, 5.74) is 5.72. The second-order valence-corrected chi connectivity index (χ2v) is 9.37. The van der Waals surface area contributed by atoms with Crippen LogP contribution in [-0.2, 0) is 24.3 Å². The smallest absolute Gasteiger partial charge is 0.254 e. The molecule has 2 aliphatic rings. The number of fused-ring (bicyclic) bond motifs is 3. The number of rotatable bonds is 8. The molecule has 35 heavy (non-hydrogen) atoms. The number of amides is 1. The molecule has 5 nitrogen and oxygen atoms in total. The minimum Gasteiger partial charge on any atom is -0.497 e. The van der Waals surface area contributed by atoms with Crippen molar-refractivity contribution < 1.29 is 9.53 Å². The number of ether oxygens (including phenoxy) is 1. The van der Waals surface area contributed by atoms with Gasteiger partial charge in [-0.2, -0.15) is 0 Å². The van der Waals surface area contributed by atoms with E-state index in [0.717, 1.165) is 51.6 Å². The molecule has 2 heterocycles. The monoisotopic (exact) mass is 465 g/mol. The van der Waals surface area contributed by atoms with Crippen molar-refractivity contribution in [3.8, 4) is 0 Å². The Balaban J connectivity index is 1.36. The molecule has 1 aromatic heterocycles. The molecule has 0 radical (unpaired) electrons. The van der Waals surface area contributed by atoms with Gasteiger partial charge < -0.3 is 15.0 Å². The summed E-state index contributed by atoms with van der Waals surface area (Å²) >= 11 is 0. The van der Waals surface area contributed by atoms with Crippen LogP contribution in [0.1, 0.15) is 59.2 Å². The zero-order valence-electron chi connectivity index (χ0n) is 20.0. The maximum Gasteiger partial charge on any atom is 0.254 e. The highest BCUT2D eigenvalue weighted by atomic mass is 16.5. The van der Waals surface area contributed by atoms with Crippen LogP contribution in [0.15, 0.2) is 78.7 Å². The summed E-state index contributed by atoms with van der Waals surface area (Å²) in [4.78, 5) is 20.2. The number of hydrogen-bond acceptors (Lipinski definition) is 4. The highest BCUT2D eigenvalue weighted by Crippen LogP contribution is 2.36. The largest absolute Gasteiger partial charge is 0.497 e. The molecule has 1 fully saturated rings. The molecule has 1 saturated carbocycles. The Morgan fingerprint density at radius 3 is 2.74 bits per heavy atom. The number of carbonyl (C=O) groups excluding carboxylic acids is 1. The van der Waals surface area contributed by atoms with Crippen LogP contribution in [0.25, 0.3) is 10.9 Å². The molecule has 0 unspecified atom stereocenters. The average Bonchev–Trinajstić information content (AvgIpc) is 3.25. The molecule has 5 heteroatoms. The van der Waals surface area contributed by atoms with E-state index in [1.807, 2.05) is 54.6 Å². The van der Waals surface area contributed by atoms with E-state index in [0.29, 0.717) is 25.6 Å². The fourth-order valence-electron chi connectivity index (χ4n) is 5.27. The molecule has 0 atom stereocenters. The maximum absolute atomic E-state index is 13.4. The van der Waals surface area contributed by atoms with Gasteiger partial charge >= 0.3 is 0 Å². The van der Waals surface area contributed by atoms with Crippen molar-refractivity contribution >= 4 is 23.0 Å². The Bertz CT molecular complexity index is 1270. The minimum absolute atomic E-state index is 0.135. The lowest BCUT2D eigenvalue weighted by molar-refractivity contribution is 0.0660. The third kappa shape index (κ3) is 5.04. The lowest BCUT2D eigenvalue weighted by atomic mass is 9.94. The van der Waals surface area contributed by atoms with Crippen LogP contribution in [0.3, 0.4) is 0 Å². The summed E-state index contributed by atoms with van der Waals surface area (Å²) < 4.78 is 5.62. The fourth-order valence-corrected chi connectivity index (χ4v) is 5.27. The van der Waals surface area contributed by atoms with Gasteiger partial charge in [0.2, 0.25) is 0 Å². The molecule has 2 aromatic carbocycles. The van der Waals surface area contributed by atoms with Crippen molar-refractivity contribution in [3.63, 3.8) is 0 Å².